The Labute approximate surface area is 126 Å². The summed E-state index contributed by atoms with van der Waals surface area (Å²) >= 11 is 0. The van der Waals surface area contributed by atoms with E-state index >= 15 is 0 Å². The van der Waals surface area contributed by atoms with Gasteiger partial charge in [0.2, 0.25) is 11.8 Å². The molecule has 0 aromatic heterocycles. The summed E-state index contributed by atoms with van der Waals surface area (Å²) in [6.45, 7) is 0. The van der Waals surface area contributed by atoms with Gasteiger partial charge in [-0.25, -0.2) is 8.78 Å². The molecule has 0 fully saturated rings. The lowest BCUT2D eigenvalue weighted by Crippen LogP contribution is -2.43. The lowest BCUT2D eigenvalue weighted by Gasteiger charge is -2.07. The minimum Gasteiger partial charge on any atom is -0.273 e. The number of amides is 2. The summed E-state index contributed by atoms with van der Waals surface area (Å²) in [5.74, 6) is -1.59. The Morgan fingerprint density at radius 1 is 0.682 bits per heavy atom. The minimum absolute atomic E-state index is 0.0249. The zero-order valence-electron chi connectivity index (χ0n) is 11.6. The van der Waals surface area contributed by atoms with Gasteiger partial charge < -0.3 is 0 Å². The highest BCUT2D eigenvalue weighted by Gasteiger charge is 2.07. The average molecular weight is 304 g/mol. The summed E-state index contributed by atoms with van der Waals surface area (Å²) in [4.78, 5) is 23.3. The number of halogens is 2. The summed E-state index contributed by atoms with van der Waals surface area (Å²) in [5, 5.41) is 0. The molecule has 114 valence electrons. The lowest BCUT2D eigenvalue weighted by molar-refractivity contribution is -0.128. The Kier molecular flexibility index (Phi) is 5.19. The number of hydrogen-bond donors (Lipinski definition) is 2. The Hall–Kier alpha value is -2.76. The van der Waals surface area contributed by atoms with E-state index in [1.807, 2.05) is 0 Å². The fraction of sp³-hybridized carbons (Fsp3) is 0.125. The maximum absolute atomic E-state index is 12.7. The van der Waals surface area contributed by atoms with Gasteiger partial charge >= 0.3 is 0 Å². The number of carbonyl (C=O) groups excluding carboxylic acids is 2. The van der Waals surface area contributed by atoms with Crippen LogP contribution in [0.15, 0.2) is 48.5 Å². The Morgan fingerprint density at radius 3 is 1.32 bits per heavy atom. The van der Waals surface area contributed by atoms with Crippen molar-refractivity contribution in [2.24, 2.45) is 0 Å². The van der Waals surface area contributed by atoms with Crippen molar-refractivity contribution in [3.63, 3.8) is 0 Å². The van der Waals surface area contributed by atoms with Crippen LogP contribution in [0.5, 0.6) is 0 Å². The topological polar surface area (TPSA) is 58.2 Å². The SMILES string of the molecule is O=C(Cc1ccc(F)cc1)NNC(=O)Cc1ccc(F)cc1. The Balaban J connectivity index is 1.76. The molecule has 0 spiro atoms. The van der Waals surface area contributed by atoms with Crippen LogP contribution in [0.3, 0.4) is 0 Å². The van der Waals surface area contributed by atoms with E-state index in [1.54, 1.807) is 0 Å². The van der Waals surface area contributed by atoms with Crippen LogP contribution in [-0.2, 0) is 22.4 Å². The van der Waals surface area contributed by atoms with Gasteiger partial charge in [-0.1, -0.05) is 24.3 Å². The van der Waals surface area contributed by atoms with Gasteiger partial charge in [0.25, 0.3) is 0 Å². The maximum atomic E-state index is 12.7. The van der Waals surface area contributed by atoms with E-state index in [9.17, 15) is 18.4 Å². The molecule has 2 aromatic carbocycles. The predicted octanol–water partition coefficient (Wildman–Crippen LogP) is 1.90. The highest BCUT2D eigenvalue weighted by Crippen LogP contribution is 2.04. The molecule has 2 aromatic rings. The molecule has 2 N–H and O–H groups in total. The summed E-state index contributed by atoms with van der Waals surface area (Å²) in [7, 11) is 0. The summed E-state index contributed by atoms with van der Waals surface area (Å²) in [6.07, 6.45) is 0.0498. The summed E-state index contributed by atoms with van der Waals surface area (Å²) in [6, 6.07) is 11.0. The molecule has 0 aliphatic rings. The number of rotatable bonds is 4. The normalized spacial score (nSPS) is 10.1. The van der Waals surface area contributed by atoms with Crippen molar-refractivity contribution in [2.45, 2.75) is 12.8 Å². The van der Waals surface area contributed by atoms with E-state index < -0.39 is 11.8 Å². The molecule has 0 heterocycles. The Morgan fingerprint density at radius 2 is 1.00 bits per heavy atom. The van der Waals surface area contributed by atoms with Crippen molar-refractivity contribution >= 4 is 11.8 Å². The first-order chi connectivity index (χ1) is 10.5. The van der Waals surface area contributed by atoms with Gasteiger partial charge in [0.1, 0.15) is 11.6 Å². The zero-order chi connectivity index (χ0) is 15.9. The van der Waals surface area contributed by atoms with Gasteiger partial charge in [-0.2, -0.15) is 0 Å². The first-order valence-corrected chi connectivity index (χ1v) is 6.59. The third kappa shape index (κ3) is 4.97. The summed E-state index contributed by atoms with van der Waals surface area (Å²) in [5.41, 5.74) is 5.80. The molecule has 6 heteroatoms. The molecule has 0 saturated carbocycles. The quantitative estimate of drug-likeness (QED) is 0.848. The molecule has 0 saturated heterocycles. The third-order valence-electron chi connectivity index (χ3n) is 2.90. The first kappa shape index (κ1) is 15.6. The minimum atomic E-state index is -0.418. The molecule has 0 bridgehead atoms. The number of carbonyl (C=O) groups is 2. The van der Waals surface area contributed by atoms with Crippen LogP contribution >= 0.6 is 0 Å². The molecule has 0 atom stereocenters. The zero-order valence-corrected chi connectivity index (χ0v) is 11.6. The second kappa shape index (κ2) is 7.31. The van der Waals surface area contributed by atoms with Gasteiger partial charge in [-0.15, -0.1) is 0 Å². The largest absolute Gasteiger partial charge is 0.273 e. The molecule has 2 amide bonds. The van der Waals surface area contributed by atoms with Crippen molar-refractivity contribution < 1.29 is 18.4 Å². The first-order valence-electron chi connectivity index (χ1n) is 6.59. The van der Waals surface area contributed by atoms with Crippen LogP contribution in [0.4, 0.5) is 8.78 Å². The molecule has 0 aliphatic heterocycles. The van der Waals surface area contributed by atoms with E-state index in [0.717, 1.165) is 0 Å². The fourth-order valence-electron chi connectivity index (χ4n) is 1.80. The van der Waals surface area contributed by atoms with Gasteiger partial charge in [-0.3, -0.25) is 20.4 Å². The molecular formula is C16H14F2N2O2. The van der Waals surface area contributed by atoms with Gasteiger partial charge in [0.15, 0.2) is 0 Å². The Bertz CT molecular complexity index is 595. The monoisotopic (exact) mass is 304 g/mol. The highest BCUT2D eigenvalue weighted by atomic mass is 19.1. The molecule has 0 unspecified atom stereocenters. The van der Waals surface area contributed by atoms with Crippen molar-refractivity contribution in [1.29, 1.82) is 0 Å². The van der Waals surface area contributed by atoms with Crippen molar-refractivity contribution in [3.05, 3.63) is 71.3 Å². The van der Waals surface area contributed by atoms with Crippen molar-refractivity contribution in [3.8, 4) is 0 Å². The summed E-state index contributed by atoms with van der Waals surface area (Å²) < 4.78 is 25.5. The molecular weight excluding hydrogens is 290 g/mol. The molecule has 0 radical (unpaired) electrons. The van der Waals surface area contributed by atoms with Gasteiger partial charge in [0.05, 0.1) is 12.8 Å². The number of benzene rings is 2. The van der Waals surface area contributed by atoms with Crippen molar-refractivity contribution in [2.75, 3.05) is 0 Å². The number of nitrogens with one attached hydrogen (secondary N) is 2. The smallest absolute Gasteiger partial charge is 0.242 e. The molecule has 22 heavy (non-hydrogen) atoms. The van der Waals surface area contributed by atoms with Crippen LogP contribution in [-0.4, -0.2) is 11.8 Å². The molecule has 0 aliphatic carbocycles. The van der Waals surface area contributed by atoms with E-state index in [0.29, 0.717) is 11.1 Å². The average Bonchev–Trinajstić information content (AvgIpc) is 2.50. The highest BCUT2D eigenvalue weighted by molar-refractivity contribution is 5.84. The number of hydrogen-bond acceptors (Lipinski definition) is 2. The molecule has 4 nitrogen and oxygen atoms in total. The molecule has 2 rings (SSSR count). The van der Waals surface area contributed by atoms with Gasteiger partial charge in [0, 0.05) is 0 Å². The van der Waals surface area contributed by atoms with E-state index in [1.165, 1.54) is 48.5 Å². The van der Waals surface area contributed by atoms with E-state index in [4.69, 9.17) is 0 Å². The van der Waals surface area contributed by atoms with Gasteiger partial charge in [-0.05, 0) is 35.4 Å². The van der Waals surface area contributed by atoms with Crippen LogP contribution < -0.4 is 10.9 Å². The van der Waals surface area contributed by atoms with Crippen molar-refractivity contribution in [1.82, 2.24) is 10.9 Å². The number of hydrazine groups is 1. The second-order valence-electron chi connectivity index (χ2n) is 4.70. The van der Waals surface area contributed by atoms with Crippen LogP contribution in [0.25, 0.3) is 0 Å². The van der Waals surface area contributed by atoms with E-state index in [2.05, 4.69) is 10.9 Å². The standard InChI is InChI=1S/C16H14F2N2O2/c17-13-5-1-11(2-6-13)9-15(21)19-20-16(22)10-12-3-7-14(18)8-4-12/h1-8H,9-10H2,(H,19,21)(H,20,22). The third-order valence-corrected chi connectivity index (χ3v) is 2.90. The van der Waals surface area contributed by atoms with Crippen LogP contribution in [0.2, 0.25) is 0 Å². The lowest BCUT2D eigenvalue weighted by atomic mass is 10.1. The maximum Gasteiger partial charge on any atom is 0.242 e. The van der Waals surface area contributed by atoms with E-state index in [-0.39, 0.29) is 24.5 Å². The predicted molar refractivity (Wildman–Crippen MR) is 76.5 cm³/mol. The van der Waals surface area contributed by atoms with Crippen LogP contribution in [0.1, 0.15) is 11.1 Å². The fourth-order valence-corrected chi connectivity index (χ4v) is 1.80. The van der Waals surface area contributed by atoms with Crippen LogP contribution in [0, 0.1) is 11.6 Å². The second-order valence-corrected chi connectivity index (χ2v) is 4.70.